The molecule has 1 aromatic carbocycles. The highest BCUT2D eigenvalue weighted by molar-refractivity contribution is 5.24. The first-order chi connectivity index (χ1) is 10.3. The molecule has 0 aliphatic heterocycles. The smallest absolute Gasteiger partial charge is 0.328 e. The monoisotopic (exact) mass is 317 g/mol. The summed E-state index contributed by atoms with van der Waals surface area (Å²) < 4.78 is 35.9. The summed E-state index contributed by atoms with van der Waals surface area (Å²) in [5.41, 5.74) is 5.79. The standard InChI is InChI=1S/C8H7F3.C8H17N.CH2O/c1-6-3-2-4-7(5-6)8(9,10)11;1-2-7-3-5-8(9)6-4-7;1-2/h2-5H,1H3;7-8H,2-6,9H2,1H3;1H2. The van der Waals surface area contributed by atoms with Crippen molar-refractivity contribution in [1.82, 2.24) is 0 Å². The van der Waals surface area contributed by atoms with Gasteiger partial charge < -0.3 is 10.5 Å². The Hall–Kier alpha value is -1.36. The molecule has 1 fully saturated rings. The van der Waals surface area contributed by atoms with E-state index in [0.717, 1.165) is 18.1 Å². The summed E-state index contributed by atoms with van der Waals surface area (Å²) in [5, 5.41) is 0. The number of halogens is 3. The van der Waals surface area contributed by atoms with Gasteiger partial charge in [-0.15, -0.1) is 0 Å². The number of carbonyl (C=O) groups is 1. The van der Waals surface area contributed by atoms with Crippen molar-refractivity contribution in [2.24, 2.45) is 11.7 Å². The molecule has 2 N–H and O–H groups in total. The number of hydrogen-bond acceptors (Lipinski definition) is 2. The van der Waals surface area contributed by atoms with Crippen molar-refractivity contribution >= 4 is 6.79 Å². The molecule has 1 aliphatic carbocycles. The second-order valence-electron chi connectivity index (χ2n) is 5.56. The lowest BCUT2D eigenvalue weighted by Gasteiger charge is -2.24. The van der Waals surface area contributed by atoms with Crippen molar-refractivity contribution in [3.63, 3.8) is 0 Å². The van der Waals surface area contributed by atoms with Crippen LogP contribution in [0.3, 0.4) is 0 Å². The first kappa shape index (κ1) is 20.6. The largest absolute Gasteiger partial charge is 0.416 e. The van der Waals surface area contributed by atoms with Gasteiger partial charge in [0.15, 0.2) is 0 Å². The second kappa shape index (κ2) is 10.4. The van der Waals surface area contributed by atoms with Crippen LogP contribution in [0.1, 0.15) is 50.2 Å². The van der Waals surface area contributed by atoms with E-state index in [2.05, 4.69) is 6.92 Å². The zero-order chi connectivity index (χ0) is 17.2. The van der Waals surface area contributed by atoms with Gasteiger partial charge >= 0.3 is 6.18 Å². The van der Waals surface area contributed by atoms with Gasteiger partial charge in [0.1, 0.15) is 6.79 Å². The summed E-state index contributed by atoms with van der Waals surface area (Å²) >= 11 is 0. The minimum atomic E-state index is -4.22. The maximum absolute atomic E-state index is 12.0. The molecule has 0 aromatic heterocycles. The van der Waals surface area contributed by atoms with E-state index in [4.69, 9.17) is 10.5 Å². The number of carbonyl (C=O) groups excluding carboxylic acids is 1. The van der Waals surface area contributed by atoms with Crippen LogP contribution in [0.5, 0.6) is 0 Å². The SMILES string of the molecule is C=O.CCC1CCC(N)CC1.Cc1cccc(C(F)(F)F)c1. The molecule has 0 bridgehead atoms. The van der Waals surface area contributed by atoms with Gasteiger partial charge in [-0.05, 0) is 44.6 Å². The first-order valence-corrected chi connectivity index (χ1v) is 7.51. The molecule has 0 radical (unpaired) electrons. The molecule has 0 spiro atoms. The van der Waals surface area contributed by atoms with E-state index in [-0.39, 0.29) is 0 Å². The van der Waals surface area contributed by atoms with Gasteiger partial charge in [-0.1, -0.05) is 37.1 Å². The predicted octanol–water partition coefficient (Wildman–Crippen LogP) is 4.74. The summed E-state index contributed by atoms with van der Waals surface area (Å²) in [6, 6.07) is 5.74. The highest BCUT2D eigenvalue weighted by Gasteiger charge is 2.29. The summed E-state index contributed by atoms with van der Waals surface area (Å²) in [6.45, 7) is 5.91. The highest BCUT2D eigenvalue weighted by atomic mass is 19.4. The van der Waals surface area contributed by atoms with Crippen LogP contribution in [0.2, 0.25) is 0 Å². The third kappa shape index (κ3) is 8.17. The molecule has 2 rings (SSSR count). The molecular formula is C17H26F3NO. The summed E-state index contributed by atoms with van der Waals surface area (Å²) in [6.07, 6.45) is 2.41. The summed E-state index contributed by atoms with van der Waals surface area (Å²) in [4.78, 5) is 8.00. The van der Waals surface area contributed by atoms with Gasteiger partial charge in [-0.3, -0.25) is 0 Å². The molecule has 0 amide bonds. The average Bonchev–Trinajstić information content (AvgIpc) is 2.50. The van der Waals surface area contributed by atoms with Crippen molar-refractivity contribution < 1.29 is 18.0 Å². The fraction of sp³-hybridized carbons (Fsp3) is 0.588. The average molecular weight is 317 g/mol. The Labute approximate surface area is 130 Å². The van der Waals surface area contributed by atoms with Gasteiger partial charge in [0, 0.05) is 6.04 Å². The molecule has 0 atom stereocenters. The Kier molecular flexibility index (Phi) is 9.74. The maximum Gasteiger partial charge on any atom is 0.416 e. The van der Waals surface area contributed by atoms with E-state index in [1.54, 1.807) is 13.0 Å². The molecule has 22 heavy (non-hydrogen) atoms. The van der Waals surface area contributed by atoms with Crippen LogP contribution in [-0.2, 0) is 11.0 Å². The molecule has 1 aromatic rings. The minimum Gasteiger partial charge on any atom is -0.328 e. The van der Waals surface area contributed by atoms with Crippen LogP contribution in [0.4, 0.5) is 13.2 Å². The highest BCUT2D eigenvalue weighted by Crippen LogP contribution is 2.29. The topological polar surface area (TPSA) is 43.1 Å². The lowest BCUT2D eigenvalue weighted by atomic mass is 9.85. The third-order valence-electron chi connectivity index (χ3n) is 3.81. The number of alkyl halides is 3. The van der Waals surface area contributed by atoms with E-state index < -0.39 is 11.7 Å². The lowest BCUT2D eigenvalue weighted by molar-refractivity contribution is -0.137. The van der Waals surface area contributed by atoms with Crippen LogP contribution in [0.15, 0.2) is 24.3 Å². The molecule has 0 saturated heterocycles. The van der Waals surface area contributed by atoms with Crippen LogP contribution >= 0.6 is 0 Å². The van der Waals surface area contributed by atoms with Gasteiger partial charge in [-0.25, -0.2) is 0 Å². The van der Waals surface area contributed by atoms with E-state index in [1.165, 1.54) is 38.2 Å². The van der Waals surface area contributed by atoms with Gasteiger partial charge in [0.25, 0.3) is 0 Å². The van der Waals surface area contributed by atoms with E-state index >= 15 is 0 Å². The van der Waals surface area contributed by atoms with E-state index in [1.807, 2.05) is 6.79 Å². The Morgan fingerprint density at radius 1 is 1.18 bits per heavy atom. The molecule has 1 aliphatic rings. The normalized spacial score (nSPS) is 21.0. The molecule has 2 nitrogen and oxygen atoms in total. The van der Waals surface area contributed by atoms with Crippen LogP contribution in [-0.4, -0.2) is 12.8 Å². The van der Waals surface area contributed by atoms with E-state index in [9.17, 15) is 13.2 Å². The molecule has 0 unspecified atom stereocenters. The Morgan fingerprint density at radius 2 is 1.73 bits per heavy atom. The fourth-order valence-electron chi connectivity index (χ4n) is 2.42. The summed E-state index contributed by atoms with van der Waals surface area (Å²) in [5.74, 6) is 0.991. The zero-order valence-corrected chi connectivity index (χ0v) is 13.3. The zero-order valence-electron chi connectivity index (χ0n) is 13.3. The van der Waals surface area contributed by atoms with Crippen molar-refractivity contribution in [1.29, 1.82) is 0 Å². The molecule has 0 heterocycles. The Bertz CT molecular complexity index is 413. The summed E-state index contributed by atoms with van der Waals surface area (Å²) in [7, 11) is 0. The van der Waals surface area contributed by atoms with Gasteiger partial charge in [-0.2, -0.15) is 13.2 Å². The molecule has 126 valence electrons. The number of nitrogens with two attached hydrogens (primary N) is 1. The minimum absolute atomic E-state index is 0.521. The molecular weight excluding hydrogens is 291 g/mol. The quantitative estimate of drug-likeness (QED) is 0.812. The van der Waals surface area contributed by atoms with Crippen LogP contribution in [0, 0.1) is 12.8 Å². The number of benzene rings is 1. The third-order valence-corrected chi connectivity index (χ3v) is 3.81. The molecule has 5 heteroatoms. The van der Waals surface area contributed by atoms with Crippen molar-refractivity contribution in [3.8, 4) is 0 Å². The Balaban J connectivity index is 0.000000366. The first-order valence-electron chi connectivity index (χ1n) is 7.51. The number of hydrogen-bond donors (Lipinski definition) is 1. The predicted molar refractivity (Wildman–Crippen MR) is 83.5 cm³/mol. The lowest BCUT2D eigenvalue weighted by Crippen LogP contribution is -2.26. The van der Waals surface area contributed by atoms with Crippen molar-refractivity contribution in [3.05, 3.63) is 35.4 Å². The molecule has 1 saturated carbocycles. The van der Waals surface area contributed by atoms with Crippen molar-refractivity contribution in [2.75, 3.05) is 0 Å². The fourth-order valence-corrected chi connectivity index (χ4v) is 2.42. The second-order valence-corrected chi connectivity index (χ2v) is 5.56. The number of rotatable bonds is 1. The van der Waals surface area contributed by atoms with Crippen molar-refractivity contribution in [2.45, 2.75) is 58.2 Å². The Morgan fingerprint density at radius 3 is 2.09 bits per heavy atom. The van der Waals surface area contributed by atoms with Gasteiger partial charge in [0.2, 0.25) is 0 Å². The maximum atomic E-state index is 12.0. The number of aryl methyl sites for hydroxylation is 1. The van der Waals surface area contributed by atoms with Crippen LogP contribution < -0.4 is 5.73 Å². The van der Waals surface area contributed by atoms with Crippen LogP contribution in [0.25, 0.3) is 0 Å². The van der Waals surface area contributed by atoms with Gasteiger partial charge in [0.05, 0.1) is 5.56 Å². The van der Waals surface area contributed by atoms with E-state index in [0.29, 0.717) is 11.6 Å².